The summed E-state index contributed by atoms with van der Waals surface area (Å²) >= 11 is 0. The summed E-state index contributed by atoms with van der Waals surface area (Å²) in [6, 6.07) is 6.90. The van der Waals surface area contributed by atoms with E-state index in [1.807, 2.05) is 38.1 Å². The molecule has 132 valence electrons. The molecule has 1 unspecified atom stereocenters. The Labute approximate surface area is 146 Å². The van der Waals surface area contributed by atoms with Crippen molar-refractivity contribution in [1.29, 1.82) is 0 Å². The first-order chi connectivity index (χ1) is 12.0. The fraction of sp³-hybridized carbons (Fsp3) is 0.471. The number of nitrogens with one attached hydrogen (secondary N) is 1. The highest BCUT2D eigenvalue weighted by Crippen LogP contribution is 2.23. The highest BCUT2D eigenvalue weighted by molar-refractivity contribution is 5.98. The minimum Gasteiger partial charge on any atom is -0.330 e. The maximum absolute atomic E-state index is 12.8. The van der Waals surface area contributed by atoms with E-state index >= 15 is 0 Å². The molecule has 1 saturated heterocycles. The Bertz CT molecular complexity index is 785. The van der Waals surface area contributed by atoms with Crippen molar-refractivity contribution in [2.45, 2.75) is 32.7 Å². The molecule has 25 heavy (non-hydrogen) atoms. The Kier molecular flexibility index (Phi) is 4.78. The summed E-state index contributed by atoms with van der Waals surface area (Å²) in [4.78, 5) is 26.5. The number of benzene rings is 1. The van der Waals surface area contributed by atoms with Gasteiger partial charge in [0.05, 0.1) is 0 Å². The van der Waals surface area contributed by atoms with Crippen LogP contribution in [0.25, 0.3) is 11.4 Å². The molecule has 8 nitrogen and oxygen atoms in total. The number of hydrogen-bond acceptors (Lipinski definition) is 5. The molecule has 0 bridgehead atoms. The summed E-state index contributed by atoms with van der Waals surface area (Å²) < 4.78 is 1.57. The SMILES string of the molecule is CC(C)C(C(=O)Nc1cccc(-c2nnnn2C)c1)N1CCCC1=O. The Morgan fingerprint density at radius 1 is 1.32 bits per heavy atom. The van der Waals surface area contributed by atoms with E-state index in [1.54, 1.807) is 16.6 Å². The largest absolute Gasteiger partial charge is 0.330 e. The summed E-state index contributed by atoms with van der Waals surface area (Å²) in [5.74, 6) is 0.533. The molecule has 0 spiro atoms. The summed E-state index contributed by atoms with van der Waals surface area (Å²) in [6.07, 6.45) is 1.33. The molecule has 1 N–H and O–H groups in total. The molecular weight excluding hydrogens is 320 g/mol. The van der Waals surface area contributed by atoms with Gasteiger partial charge in [0.15, 0.2) is 5.82 Å². The first-order valence-corrected chi connectivity index (χ1v) is 8.40. The van der Waals surface area contributed by atoms with E-state index < -0.39 is 6.04 Å². The van der Waals surface area contributed by atoms with Crippen molar-refractivity contribution < 1.29 is 9.59 Å². The maximum atomic E-state index is 12.8. The van der Waals surface area contributed by atoms with Gasteiger partial charge in [0.1, 0.15) is 6.04 Å². The molecular formula is C17H22N6O2. The fourth-order valence-corrected chi connectivity index (χ4v) is 3.19. The second-order valence-electron chi connectivity index (χ2n) is 6.58. The van der Waals surface area contributed by atoms with Gasteiger partial charge in [-0.1, -0.05) is 26.0 Å². The number of hydrogen-bond donors (Lipinski definition) is 1. The van der Waals surface area contributed by atoms with Crippen molar-refractivity contribution in [3.63, 3.8) is 0 Å². The van der Waals surface area contributed by atoms with Crippen molar-refractivity contribution in [3.8, 4) is 11.4 Å². The Morgan fingerprint density at radius 2 is 2.12 bits per heavy atom. The molecule has 1 atom stereocenters. The number of carbonyl (C=O) groups excluding carboxylic acids is 2. The van der Waals surface area contributed by atoms with Gasteiger partial charge in [-0.3, -0.25) is 9.59 Å². The molecule has 0 radical (unpaired) electrons. The maximum Gasteiger partial charge on any atom is 0.247 e. The molecule has 2 aromatic rings. The lowest BCUT2D eigenvalue weighted by molar-refractivity contribution is -0.136. The Balaban J connectivity index is 1.80. The van der Waals surface area contributed by atoms with Crippen LogP contribution in [0.2, 0.25) is 0 Å². The van der Waals surface area contributed by atoms with Gasteiger partial charge >= 0.3 is 0 Å². The molecule has 1 aromatic heterocycles. The van der Waals surface area contributed by atoms with E-state index in [2.05, 4.69) is 20.8 Å². The van der Waals surface area contributed by atoms with Crippen LogP contribution in [0.15, 0.2) is 24.3 Å². The molecule has 1 aliphatic rings. The fourth-order valence-electron chi connectivity index (χ4n) is 3.19. The average Bonchev–Trinajstić information content (AvgIpc) is 3.16. The van der Waals surface area contributed by atoms with E-state index in [1.165, 1.54) is 0 Å². The van der Waals surface area contributed by atoms with Crippen LogP contribution in [0.3, 0.4) is 0 Å². The third kappa shape index (κ3) is 3.52. The molecule has 8 heteroatoms. The van der Waals surface area contributed by atoms with Gasteiger partial charge < -0.3 is 10.2 Å². The minimum atomic E-state index is -0.463. The lowest BCUT2D eigenvalue weighted by atomic mass is 10.0. The van der Waals surface area contributed by atoms with E-state index in [9.17, 15) is 9.59 Å². The zero-order chi connectivity index (χ0) is 18.0. The number of carbonyl (C=O) groups is 2. The summed E-state index contributed by atoms with van der Waals surface area (Å²) in [7, 11) is 1.76. The van der Waals surface area contributed by atoms with Crippen LogP contribution in [-0.4, -0.2) is 49.5 Å². The highest BCUT2D eigenvalue weighted by atomic mass is 16.2. The van der Waals surface area contributed by atoms with E-state index in [0.29, 0.717) is 24.5 Å². The number of amides is 2. The molecule has 1 fully saturated rings. The smallest absolute Gasteiger partial charge is 0.247 e. The predicted octanol–water partition coefficient (Wildman–Crippen LogP) is 1.46. The molecule has 1 aliphatic heterocycles. The van der Waals surface area contributed by atoms with Gasteiger partial charge in [-0.15, -0.1) is 5.10 Å². The van der Waals surface area contributed by atoms with Crippen LogP contribution in [0.4, 0.5) is 5.69 Å². The topological polar surface area (TPSA) is 93.0 Å². The zero-order valence-corrected chi connectivity index (χ0v) is 14.6. The summed E-state index contributed by atoms with van der Waals surface area (Å²) in [5.41, 5.74) is 1.46. The summed E-state index contributed by atoms with van der Waals surface area (Å²) in [6.45, 7) is 4.55. The van der Waals surface area contributed by atoms with Gasteiger partial charge in [-0.2, -0.15) is 0 Å². The standard InChI is InChI=1S/C17H22N6O2/c1-11(2)15(23-9-5-8-14(23)24)17(25)18-13-7-4-6-12(10-13)16-19-20-21-22(16)3/h4,6-7,10-11,15H,5,8-9H2,1-3H3,(H,18,25). The van der Waals surface area contributed by atoms with Gasteiger partial charge in [-0.25, -0.2) is 4.68 Å². The molecule has 3 rings (SSSR count). The van der Waals surface area contributed by atoms with Crippen LogP contribution in [0.1, 0.15) is 26.7 Å². The minimum absolute atomic E-state index is 0.0353. The molecule has 0 aliphatic carbocycles. The zero-order valence-electron chi connectivity index (χ0n) is 14.6. The van der Waals surface area contributed by atoms with Crippen LogP contribution in [0, 0.1) is 5.92 Å². The van der Waals surface area contributed by atoms with Crippen LogP contribution in [-0.2, 0) is 16.6 Å². The molecule has 0 saturated carbocycles. The van der Waals surface area contributed by atoms with Crippen molar-refractivity contribution in [1.82, 2.24) is 25.1 Å². The number of aryl methyl sites for hydroxylation is 1. The van der Waals surface area contributed by atoms with Crippen molar-refractivity contribution in [2.24, 2.45) is 13.0 Å². The van der Waals surface area contributed by atoms with Crippen LogP contribution in [0.5, 0.6) is 0 Å². The van der Waals surface area contributed by atoms with Gasteiger partial charge in [0, 0.05) is 31.3 Å². The van der Waals surface area contributed by atoms with Gasteiger partial charge in [0.2, 0.25) is 11.8 Å². The number of likely N-dealkylation sites (tertiary alicyclic amines) is 1. The Morgan fingerprint density at radius 3 is 2.72 bits per heavy atom. The quantitative estimate of drug-likeness (QED) is 0.888. The van der Waals surface area contributed by atoms with Crippen molar-refractivity contribution in [2.75, 3.05) is 11.9 Å². The molecule has 1 aromatic carbocycles. The lowest BCUT2D eigenvalue weighted by Gasteiger charge is -2.29. The highest BCUT2D eigenvalue weighted by Gasteiger charge is 2.34. The number of nitrogens with zero attached hydrogens (tertiary/aromatic N) is 5. The Hall–Kier alpha value is -2.77. The van der Waals surface area contributed by atoms with E-state index in [4.69, 9.17) is 0 Å². The second kappa shape index (κ2) is 7.00. The van der Waals surface area contributed by atoms with Crippen LogP contribution < -0.4 is 5.32 Å². The first kappa shape index (κ1) is 17.1. The number of tetrazole rings is 1. The number of anilines is 1. The predicted molar refractivity (Wildman–Crippen MR) is 92.4 cm³/mol. The van der Waals surface area contributed by atoms with Crippen molar-refractivity contribution in [3.05, 3.63) is 24.3 Å². The summed E-state index contributed by atoms with van der Waals surface area (Å²) in [5, 5.41) is 14.4. The van der Waals surface area contributed by atoms with Gasteiger partial charge in [-0.05, 0) is 34.9 Å². The third-order valence-corrected chi connectivity index (χ3v) is 4.35. The third-order valence-electron chi connectivity index (χ3n) is 4.35. The van der Waals surface area contributed by atoms with E-state index in [0.717, 1.165) is 12.0 Å². The normalized spacial score (nSPS) is 15.7. The number of rotatable bonds is 5. The first-order valence-electron chi connectivity index (χ1n) is 8.40. The second-order valence-corrected chi connectivity index (χ2v) is 6.58. The van der Waals surface area contributed by atoms with E-state index in [-0.39, 0.29) is 17.7 Å². The van der Waals surface area contributed by atoms with Crippen molar-refractivity contribution >= 4 is 17.5 Å². The molecule has 2 heterocycles. The number of aromatic nitrogens is 4. The van der Waals surface area contributed by atoms with Gasteiger partial charge in [0.25, 0.3) is 0 Å². The molecule has 2 amide bonds. The monoisotopic (exact) mass is 342 g/mol. The average molecular weight is 342 g/mol. The lowest BCUT2D eigenvalue weighted by Crippen LogP contribution is -2.47. The van der Waals surface area contributed by atoms with Crippen LogP contribution >= 0.6 is 0 Å².